The molecule has 2 aliphatic heterocycles. The van der Waals surface area contributed by atoms with Crippen molar-refractivity contribution < 1.29 is 28.6 Å². The molecule has 0 radical (unpaired) electrons. The largest absolute Gasteiger partial charge is 0.480 e. The Kier molecular flexibility index (Phi) is 7.79. The molecule has 0 saturated carbocycles. The second-order valence-corrected chi connectivity index (χ2v) is 8.99. The number of ether oxygens (including phenoxy) is 1. The van der Waals surface area contributed by atoms with Crippen molar-refractivity contribution in [1.29, 1.82) is 0 Å². The fourth-order valence-corrected chi connectivity index (χ4v) is 4.28. The summed E-state index contributed by atoms with van der Waals surface area (Å²) in [7, 11) is 0. The number of carboxylic acids is 1. The molecular formula is C25H29FN4O5. The minimum Gasteiger partial charge on any atom is -0.480 e. The lowest BCUT2D eigenvalue weighted by atomic mass is 9.93. The lowest BCUT2D eigenvalue weighted by molar-refractivity contribution is -0.145. The molecule has 35 heavy (non-hydrogen) atoms. The zero-order valence-corrected chi connectivity index (χ0v) is 19.3. The van der Waals surface area contributed by atoms with Gasteiger partial charge in [-0.2, -0.15) is 0 Å². The maximum absolute atomic E-state index is 13.2. The fraction of sp³-hybridized carbons (Fsp3) is 0.440. The number of aromatic nitrogens is 1. The van der Waals surface area contributed by atoms with E-state index >= 15 is 0 Å². The van der Waals surface area contributed by atoms with Crippen LogP contribution >= 0.6 is 0 Å². The maximum Gasteiger partial charge on any atom is 0.408 e. The summed E-state index contributed by atoms with van der Waals surface area (Å²) in [6, 6.07) is 8.31. The van der Waals surface area contributed by atoms with Crippen LogP contribution in [0.25, 0.3) is 0 Å². The summed E-state index contributed by atoms with van der Waals surface area (Å²) < 4.78 is 18.2. The number of aliphatic carboxylic acids is 1. The number of nitrogens with zero attached hydrogens (tertiary/aromatic N) is 2. The number of aryl methyl sites for hydroxylation is 2. The number of anilines is 1. The van der Waals surface area contributed by atoms with Crippen LogP contribution in [0.5, 0.6) is 0 Å². The molecule has 1 aromatic carbocycles. The first-order valence-electron chi connectivity index (χ1n) is 11.8. The SMILES string of the molecule is O=C(NC(CC(=O)N1CC(CCc2ccc3c(n2)NCCC3)C1)C(=O)O)OCc1cccc(F)c1. The summed E-state index contributed by atoms with van der Waals surface area (Å²) in [4.78, 5) is 42.4. The second-order valence-electron chi connectivity index (χ2n) is 8.99. The zero-order chi connectivity index (χ0) is 24.8. The Morgan fingerprint density at radius 2 is 2.09 bits per heavy atom. The van der Waals surface area contributed by atoms with Crippen molar-refractivity contribution in [2.24, 2.45) is 5.92 Å². The van der Waals surface area contributed by atoms with E-state index in [1.807, 2.05) is 0 Å². The highest BCUT2D eigenvalue weighted by Gasteiger charge is 2.33. The number of rotatable bonds is 9. The Morgan fingerprint density at radius 3 is 2.86 bits per heavy atom. The molecule has 3 heterocycles. The molecule has 4 rings (SSSR count). The van der Waals surface area contributed by atoms with E-state index in [1.54, 1.807) is 11.0 Å². The summed E-state index contributed by atoms with van der Waals surface area (Å²) in [5.74, 6) is -0.831. The number of hydrogen-bond acceptors (Lipinski definition) is 6. The van der Waals surface area contributed by atoms with E-state index < -0.39 is 23.9 Å². The molecule has 2 aromatic rings. The van der Waals surface area contributed by atoms with Crippen molar-refractivity contribution in [3.05, 3.63) is 59.0 Å². The van der Waals surface area contributed by atoms with Crippen LogP contribution in [0.3, 0.4) is 0 Å². The Bertz CT molecular complexity index is 1090. The molecule has 0 bridgehead atoms. The minimum absolute atomic E-state index is 0.215. The average molecular weight is 485 g/mol. The highest BCUT2D eigenvalue weighted by atomic mass is 19.1. The monoisotopic (exact) mass is 484 g/mol. The van der Waals surface area contributed by atoms with Crippen molar-refractivity contribution in [2.45, 2.75) is 44.8 Å². The Morgan fingerprint density at radius 1 is 1.26 bits per heavy atom. The molecule has 0 aliphatic carbocycles. The van der Waals surface area contributed by atoms with Crippen LogP contribution in [0.1, 0.15) is 36.1 Å². The molecule has 3 N–H and O–H groups in total. The molecular weight excluding hydrogens is 455 g/mol. The van der Waals surface area contributed by atoms with E-state index in [1.165, 1.54) is 23.8 Å². The minimum atomic E-state index is -1.41. The van der Waals surface area contributed by atoms with Crippen LogP contribution in [0, 0.1) is 11.7 Å². The van der Waals surface area contributed by atoms with Crippen molar-refractivity contribution in [2.75, 3.05) is 25.0 Å². The molecule has 2 aliphatic rings. The number of carbonyl (C=O) groups is 3. The lowest BCUT2D eigenvalue weighted by Crippen LogP contribution is -2.53. The number of alkyl carbamates (subject to hydrolysis) is 1. The third kappa shape index (κ3) is 6.68. The molecule has 1 atom stereocenters. The van der Waals surface area contributed by atoms with Gasteiger partial charge in [-0.3, -0.25) is 4.79 Å². The van der Waals surface area contributed by atoms with E-state index in [4.69, 9.17) is 9.72 Å². The van der Waals surface area contributed by atoms with Gasteiger partial charge in [0.15, 0.2) is 0 Å². The highest BCUT2D eigenvalue weighted by Crippen LogP contribution is 2.24. The van der Waals surface area contributed by atoms with Gasteiger partial charge >= 0.3 is 12.1 Å². The first-order valence-corrected chi connectivity index (χ1v) is 11.8. The molecule has 10 heteroatoms. The van der Waals surface area contributed by atoms with Gasteiger partial charge < -0.3 is 25.4 Å². The quantitative estimate of drug-likeness (QED) is 0.500. The molecule has 2 amide bonds. The number of nitrogens with one attached hydrogen (secondary N) is 2. The van der Waals surface area contributed by atoms with Gasteiger partial charge in [-0.25, -0.2) is 19.0 Å². The van der Waals surface area contributed by atoms with Crippen LogP contribution in [0.4, 0.5) is 15.0 Å². The maximum atomic E-state index is 13.2. The zero-order valence-electron chi connectivity index (χ0n) is 19.3. The Balaban J connectivity index is 1.18. The molecule has 1 fully saturated rings. The van der Waals surface area contributed by atoms with Gasteiger partial charge in [0.1, 0.15) is 24.3 Å². The topological polar surface area (TPSA) is 121 Å². The van der Waals surface area contributed by atoms with Gasteiger partial charge in [0, 0.05) is 25.3 Å². The molecule has 1 aromatic heterocycles. The van der Waals surface area contributed by atoms with Crippen LogP contribution in [0.2, 0.25) is 0 Å². The molecule has 9 nitrogen and oxygen atoms in total. The van der Waals surface area contributed by atoms with Gasteiger partial charge in [-0.1, -0.05) is 18.2 Å². The standard InChI is InChI=1S/C25H29FN4O5/c26-19-5-1-3-16(11-19)15-35-25(34)29-21(24(32)33)12-22(31)30-13-17(14-30)6-8-20-9-7-18-4-2-10-27-23(18)28-20/h1,3,5,7,9,11,17,21H,2,4,6,8,10,12-15H2,(H,27,28)(H,29,34)(H,32,33). The lowest BCUT2D eigenvalue weighted by Gasteiger charge is -2.40. The van der Waals surface area contributed by atoms with Gasteiger partial charge in [0.2, 0.25) is 5.91 Å². The number of likely N-dealkylation sites (tertiary alicyclic amines) is 1. The van der Waals surface area contributed by atoms with Gasteiger partial charge in [-0.15, -0.1) is 0 Å². The van der Waals surface area contributed by atoms with Crippen molar-refractivity contribution in [1.82, 2.24) is 15.2 Å². The number of hydrogen-bond donors (Lipinski definition) is 3. The highest BCUT2D eigenvalue weighted by molar-refractivity contribution is 5.87. The molecule has 1 unspecified atom stereocenters. The van der Waals surface area contributed by atoms with Crippen molar-refractivity contribution in [3.63, 3.8) is 0 Å². The van der Waals surface area contributed by atoms with Gasteiger partial charge in [0.05, 0.1) is 6.42 Å². The number of amides is 2. The average Bonchev–Trinajstić information content (AvgIpc) is 2.81. The number of carboxylic acid groups (broad SMARTS) is 1. The third-order valence-electron chi connectivity index (χ3n) is 6.30. The number of fused-ring (bicyclic) bond motifs is 1. The van der Waals surface area contributed by atoms with Gasteiger partial charge in [-0.05, 0) is 60.9 Å². The summed E-state index contributed by atoms with van der Waals surface area (Å²) in [5, 5.41) is 14.9. The third-order valence-corrected chi connectivity index (χ3v) is 6.30. The molecule has 186 valence electrons. The summed E-state index contributed by atoms with van der Waals surface area (Å²) >= 11 is 0. The number of carbonyl (C=O) groups excluding carboxylic acids is 2. The number of pyridine rings is 1. The van der Waals surface area contributed by atoms with Crippen LogP contribution < -0.4 is 10.6 Å². The van der Waals surface area contributed by atoms with E-state index in [9.17, 15) is 23.9 Å². The second kappa shape index (κ2) is 11.2. The summed E-state index contributed by atoms with van der Waals surface area (Å²) in [6.45, 7) is 1.84. The number of benzene rings is 1. The Hall–Kier alpha value is -3.69. The smallest absolute Gasteiger partial charge is 0.408 e. The normalized spacial score (nSPS) is 15.9. The van der Waals surface area contributed by atoms with E-state index in [2.05, 4.69) is 22.8 Å². The van der Waals surface area contributed by atoms with Crippen molar-refractivity contribution in [3.8, 4) is 0 Å². The summed E-state index contributed by atoms with van der Waals surface area (Å²) in [5.41, 5.74) is 2.70. The summed E-state index contributed by atoms with van der Waals surface area (Å²) in [6.07, 6.45) is 2.53. The van der Waals surface area contributed by atoms with E-state index in [-0.39, 0.29) is 18.9 Å². The van der Waals surface area contributed by atoms with Crippen molar-refractivity contribution >= 4 is 23.8 Å². The Labute approximate surface area is 202 Å². The van der Waals surface area contributed by atoms with Crippen LogP contribution in [-0.4, -0.2) is 58.6 Å². The van der Waals surface area contributed by atoms with E-state index in [0.29, 0.717) is 24.6 Å². The fourth-order valence-electron chi connectivity index (χ4n) is 4.28. The predicted octanol–water partition coefficient (Wildman–Crippen LogP) is 2.74. The van der Waals surface area contributed by atoms with Gasteiger partial charge in [0.25, 0.3) is 0 Å². The first-order chi connectivity index (χ1) is 16.9. The molecule has 1 saturated heterocycles. The van der Waals surface area contributed by atoms with E-state index in [0.717, 1.165) is 43.7 Å². The first kappa shape index (κ1) is 24.4. The number of halogens is 1. The molecule has 0 spiro atoms. The van der Waals surface area contributed by atoms with Crippen LogP contribution in [-0.2, 0) is 33.8 Å². The predicted molar refractivity (Wildman–Crippen MR) is 125 cm³/mol. The van der Waals surface area contributed by atoms with Crippen LogP contribution in [0.15, 0.2) is 36.4 Å².